The Labute approximate surface area is 132 Å². The first-order chi connectivity index (χ1) is 10.4. The fourth-order valence-corrected chi connectivity index (χ4v) is 3.69. The van der Waals surface area contributed by atoms with Crippen molar-refractivity contribution in [2.75, 3.05) is 6.54 Å². The van der Waals surface area contributed by atoms with Crippen LogP contribution >= 0.6 is 0 Å². The third kappa shape index (κ3) is 4.64. The zero-order chi connectivity index (χ0) is 16.8. The molecule has 0 bridgehead atoms. The Morgan fingerprint density at radius 1 is 1.32 bits per heavy atom. The summed E-state index contributed by atoms with van der Waals surface area (Å²) in [6.45, 7) is 5.87. The van der Waals surface area contributed by atoms with E-state index in [1.165, 1.54) is 12.1 Å². The Balaban J connectivity index is 0.00000116. The Morgan fingerprint density at radius 3 is 2.36 bits per heavy atom. The molecule has 1 aromatic carbocycles. The van der Waals surface area contributed by atoms with Crippen molar-refractivity contribution in [3.05, 3.63) is 30.3 Å². The average Bonchev–Trinajstić information content (AvgIpc) is 2.92. The zero-order valence-corrected chi connectivity index (χ0v) is 14.0. The van der Waals surface area contributed by atoms with Crippen molar-refractivity contribution >= 4 is 23.4 Å². The van der Waals surface area contributed by atoms with Gasteiger partial charge in [-0.15, -0.1) is 0 Å². The van der Waals surface area contributed by atoms with Gasteiger partial charge in [0.1, 0.15) is 6.29 Å². The molecule has 8 heteroatoms. The van der Waals surface area contributed by atoms with E-state index in [0.29, 0.717) is 13.0 Å². The van der Waals surface area contributed by atoms with Crippen LogP contribution in [-0.4, -0.2) is 50.2 Å². The van der Waals surface area contributed by atoms with Gasteiger partial charge in [-0.25, -0.2) is 13.1 Å². The zero-order valence-electron chi connectivity index (χ0n) is 13.1. The van der Waals surface area contributed by atoms with Gasteiger partial charge in [0.2, 0.25) is 10.0 Å². The number of sulfonamides is 1. The van der Waals surface area contributed by atoms with Gasteiger partial charge in [-0.1, -0.05) is 32.0 Å². The van der Waals surface area contributed by atoms with Gasteiger partial charge < -0.3 is 14.6 Å². The first kappa shape index (κ1) is 18.8. The summed E-state index contributed by atoms with van der Waals surface area (Å²) in [5, 5.41) is 9.58. The molecule has 6 nitrogen and oxygen atoms in total. The minimum Gasteiger partial charge on any atom is -0.437 e. The quantitative estimate of drug-likeness (QED) is 0.616. The largest absolute Gasteiger partial charge is 0.437 e. The molecule has 122 valence electrons. The van der Waals surface area contributed by atoms with Crippen LogP contribution < -0.4 is 4.72 Å². The van der Waals surface area contributed by atoms with Gasteiger partial charge >= 0.3 is 7.05 Å². The van der Waals surface area contributed by atoms with Crippen molar-refractivity contribution in [2.24, 2.45) is 0 Å². The minimum absolute atomic E-state index is 0.193. The molecule has 1 aliphatic rings. The third-order valence-electron chi connectivity index (χ3n) is 3.40. The van der Waals surface area contributed by atoms with Crippen LogP contribution in [0.15, 0.2) is 35.2 Å². The molecule has 2 atom stereocenters. The standard InChI is InChI=1S/C12H17BN2O4S.C2H6/c1-13(17)15-8-10(7-11(15)9-16)14-20(18,19)12-5-3-2-4-6-12;1-2/h2-6,9-11,14,17H,7-8H2,1H3;1-2H3/t10-,11-;/m1./s1. The Morgan fingerprint density at radius 2 is 1.91 bits per heavy atom. The fourth-order valence-electron chi connectivity index (χ4n) is 2.43. The molecule has 1 aromatic rings. The molecule has 1 aliphatic heterocycles. The van der Waals surface area contributed by atoms with Crippen molar-refractivity contribution in [3.63, 3.8) is 0 Å². The van der Waals surface area contributed by atoms with Crippen LogP contribution in [0.3, 0.4) is 0 Å². The van der Waals surface area contributed by atoms with Crippen LogP contribution in [0.5, 0.6) is 0 Å². The van der Waals surface area contributed by atoms with E-state index in [2.05, 4.69) is 4.72 Å². The van der Waals surface area contributed by atoms with E-state index in [1.54, 1.807) is 29.8 Å². The third-order valence-corrected chi connectivity index (χ3v) is 4.93. The van der Waals surface area contributed by atoms with E-state index >= 15 is 0 Å². The van der Waals surface area contributed by atoms with Crippen LogP contribution in [0.4, 0.5) is 0 Å². The van der Waals surface area contributed by atoms with Crippen molar-refractivity contribution in [1.29, 1.82) is 0 Å². The highest BCUT2D eigenvalue weighted by atomic mass is 32.2. The number of nitrogens with zero attached hydrogens (tertiary/aromatic N) is 1. The molecule has 1 heterocycles. The number of nitrogens with one attached hydrogen (secondary N) is 1. The second-order valence-corrected chi connectivity index (χ2v) is 6.61. The van der Waals surface area contributed by atoms with Crippen LogP contribution in [0.1, 0.15) is 20.3 Å². The van der Waals surface area contributed by atoms with Crippen LogP contribution in [-0.2, 0) is 14.8 Å². The summed E-state index contributed by atoms with van der Waals surface area (Å²) in [4.78, 5) is 12.7. The molecular formula is C14H23BN2O4S. The van der Waals surface area contributed by atoms with E-state index in [-0.39, 0.29) is 10.9 Å². The Kier molecular flexibility index (Phi) is 7.21. The lowest BCUT2D eigenvalue weighted by Crippen LogP contribution is -2.43. The molecule has 0 aliphatic carbocycles. The molecule has 1 fully saturated rings. The highest BCUT2D eigenvalue weighted by Crippen LogP contribution is 2.19. The maximum Gasteiger partial charge on any atom is 0.377 e. The van der Waals surface area contributed by atoms with Crippen molar-refractivity contribution in [1.82, 2.24) is 9.53 Å². The summed E-state index contributed by atoms with van der Waals surface area (Å²) in [5.74, 6) is 0. The molecule has 2 rings (SSSR count). The predicted octanol–water partition coefficient (Wildman–Crippen LogP) is 0.743. The van der Waals surface area contributed by atoms with E-state index in [0.717, 1.165) is 6.29 Å². The highest BCUT2D eigenvalue weighted by molar-refractivity contribution is 7.89. The molecule has 0 saturated carbocycles. The monoisotopic (exact) mass is 326 g/mol. The molecule has 2 N–H and O–H groups in total. The maximum absolute atomic E-state index is 12.2. The lowest BCUT2D eigenvalue weighted by atomic mass is 9.84. The number of aldehydes is 1. The van der Waals surface area contributed by atoms with Gasteiger partial charge in [0.25, 0.3) is 0 Å². The van der Waals surface area contributed by atoms with E-state index < -0.39 is 23.1 Å². The van der Waals surface area contributed by atoms with Crippen molar-refractivity contribution in [2.45, 2.75) is 44.1 Å². The summed E-state index contributed by atoms with van der Waals surface area (Å²) in [6.07, 6.45) is 1.10. The van der Waals surface area contributed by atoms with Crippen molar-refractivity contribution in [3.8, 4) is 0 Å². The molecular weight excluding hydrogens is 303 g/mol. The van der Waals surface area contributed by atoms with Gasteiger partial charge in [0.15, 0.2) is 0 Å². The summed E-state index contributed by atoms with van der Waals surface area (Å²) in [5.41, 5.74) is 0. The smallest absolute Gasteiger partial charge is 0.377 e. The minimum atomic E-state index is -3.60. The fraction of sp³-hybridized carbons (Fsp3) is 0.500. The van der Waals surface area contributed by atoms with Crippen LogP contribution in [0, 0.1) is 0 Å². The highest BCUT2D eigenvalue weighted by Gasteiger charge is 2.37. The molecule has 0 amide bonds. The van der Waals surface area contributed by atoms with Gasteiger partial charge in [-0.3, -0.25) is 0 Å². The lowest BCUT2D eigenvalue weighted by molar-refractivity contribution is -0.110. The van der Waals surface area contributed by atoms with Gasteiger partial charge in [-0.05, 0) is 25.4 Å². The number of carbonyl (C=O) groups is 1. The molecule has 0 spiro atoms. The topological polar surface area (TPSA) is 86.7 Å². The first-order valence-corrected chi connectivity index (χ1v) is 8.89. The molecule has 0 aromatic heterocycles. The molecule has 0 unspecified atom stereocenters. The number of benzene rings is 1. The Bertz CT molecular complexity index is 565. The summed E-state index contributed by atoms with van der Waals surface area (Å²) in [6, 6.07) is 7.23. The van der Waals surface area contributed by atoms with Crippen LogP contribution in [0.25, 0.3) is 0 Å². The number of hydrogen-bond acceptors (Lipinski definition) is 5. The predicted molar refractivity (Wildman–Crippen MR) is 86.9 cm³/mol. The SMILES string of the molecule is CB(O)N1C[C@H](NS(=O)(=O)c2ccccc2)C[C@@H]1C=O.CC. The summed E-state index contributed by atoms with van der Waals surface area (Å²) < 4.78 is 26.9. The molecule has 0 radical (unpaired) electrons. The second kappa shape index (κ2) is 8.43. The number of hydrogen-bond donors (Lipinski definition) is 2. The Hall–Kier alpha value is -1.22. The summed E-state index contributed by atoms with van der Waals surface area (Å²) in [7, 11) is -4.38. The van der Waals surface area contributed by atoms with Gasteiger partial charge in [-0.2, -0.15) is 0 Å². The number of carbonyl (C=O) groups excluding carboxylic acids is 1. The van der Waals surface area contributed by atoms with Gasteiger partial charge in [0, 0.05) is 12.6 Å². The molecule has 22 heavy (non-hydrogen) atoms. The van der Waals surface area contributed by atoms with Crippen LogP contribution in [0.2, 0.25) is 6.82 Å². The average molecular weight is 326 g/mol. The lowest BCUT2D eigenvalue weighted by Gasteiger charge is -2.20. The van der Waals surface area contributed by atoms with E-state index in [1.807, 2.05) is 13.8 Å². The summed E-state index contributed by atoms with van der Waals surface area (Å²) >= 11 is 0. The second-order valence-electron chi connectivity index (χ2n) is 4.90. The van der Waals surface area contributed by atoms with E-state index in [4.69, 9.17) is 0 Å². The van der Waals surface area contributed by atoms with E-state index in [9.17, 15) is 18.2 Å². The number of rotatable bonds is 5. The maximum atomic E-state index is 12.2. The first-order valence-electron chi connectivity index (χ1n) is 7.40. The van der Waals surface area contributed by atoms with Crippen molar-refractivity contribution < 1.29 is 18.2 Å². The normalized spacial score (nSPS) is 21.8. The van der Waals surface area contributed by atoms with Gasteiger partial charge in [0.05, 0.1) is 10.9 Å². The molecule has 1 saturated heterocycles.